The van der Waals surface area contributed by atoms with Gasteiger partial charge in [0.2, 0.25) is 5.91 Å². The van der Waals surface area contributed by atoms with Crippen molar-refractivity contribution in [2.45, 2.75) is 38.0 Å². The van der Waals surface area contributed by atoms with Crippen LogP contribution in [0.4, 0.5) is 0 Å². The molecule has 0 spiro atoms. The second-order valence-corrected chi connectivity index (χ2v) is 4.87. The number of carbonyl (C=O) groups excluding carboxylic acids is 1. The molecular formula is C14H17NO2. The first-order chi connectivity index (χ1) is 8.24. The minimum atomic E-state index is 0.0360. The Morgan fingerprint density at radius 2 is 2.00 bits per heavy atom. The third-order valence-electron chi connectivity index (χ3n) is 4.07. The van der Waals surface area contributed by atoms with Crippen molar-refractivity contribution in [3.63, 3.8) is 0 Å². The van der Waals surface area contributed by atoms with E-state index >= 15 is 0 Å². The van der Waals surface area contributed by atoms with Crippen molar-refractivity contribution < 1.29 is 9.53 Å². The third-order valence-corrected chi connectivity index (χ3v) is 4.07. The predicted molar refractivity (Wildman–Crippen MR) is 64.5 cm³/mol. The topological polar surface area (TPSA) is 29.5 Å². The lowest BCUT2D eigenvalue weighted by Gasteiger charge is -2.42. The zero-order valence-electron chi connectivity index (χ0n) is 10.2. The van der Waals surface area contributed by atoms with Gasteiger partial charge in [-0.15, -0.1) is 0 Å². The van der Waals surface area contributed by atoms with E-state index in [0.717, 1.165) is 6.42 Å². The van der Waals surface area contributed by atoms with Gasteiger partial charge in [-0.1, -0.05) is 24.3 Å². The molecule has 1 amide bonds. The van der Waals surface area contributed by atoms with Crippen LogP contribution in [0.3, 0.4) is 0 Å². The van der Waals surface area contributed by atoms with Crippen LogP contribution in [0, 0.1) is 0 Å². The summed E-state index contributed by atoms with van der Waals surface area (Å²) in [6.07, 6.45) is 1.60. The van der Waals surface area contributed by atoms with Crippen LogP contribution < -0.4 is 0 Å². The Balaban J connectivity index is 2.12. The van der Waals surface area contributed by atoms with E-state index in [9.17, 15) is 4.79 Å². The van der Waals surface area contributed by atoms with Crippen molar-refractivity contribution in [1.29, 1.82) is 0 Å². The molecule has 0 radical (unpaired) electrons. The SMILES string of the molecule is CO[C@H]1c2ccccc2[C@H](C)N2C(=O)CC[C@@H]12. The molecule has 2 aliphatic heterocycles. The smallest absolute Gasteiger partial charge is 0.223 e. The number of nitrogens with zero attached hydrogens (tertiary/aromatic N) is 1. The summed E-state index contributed by atoms with van der Waals surface area (Å²) in [5.41, 5.74) is 2.48. The monoisotopic (exact) mass is 231 g/mol. The molecule has 0 aromatic heterocycles. The van der Waals surface area contributed by atoms with E-state index in [2.05, 4.69) is 19.1 Å². The van der Waals surface area contributed by atoms with E-state index in [1.807, 2.05) is 17.0 Å². The number of benzene rings is 1. The number of carbonyl (C=O) groups is 1. The maximum Gasteiger partial charge on any atom is 0.223 e. The van der Waals surface area contributed by atoms with Crippen molar-refractivity contribution in [3.05, 3.63) is 35.4 Å². The highest BCUT2D eigenvalue weighted by Gasteiger charge is 2.45. The highest BCUT2D eigenvalue weighted by atomic mass is 16.5. The van der Waals surface area contributed by atoms with Gasteiger partial charge in [0.15, 0.2) is 0 Å². The van der Waals surface area contributed by atoms with Crippen LogP contribution in [0.5, 0.6) is 0 Å². The van der Waals surface area contributed by atoms with Crippen molar-refractivity contribution in [2.75, 3.05) is 7.11 Å². The Morgan fingerprint density at radius 1 is 1.29 bits per heavy atom. The summed E-state index contributed by atoms with van der Waals surface area (Å²) in [7, 11) is 1.73. The largest absolute Gasteiger partial charge is 0.375 e. The number of fused-ring (bicyclic) bond motifs is 2. The number of methoxy groups -OCH3 is 1. The molecule has 3 atom stereocenters. The van der Waals surface area contributed by atoms with Gasteiger partial charge < -0.3 is 9.64 Å². The molecule has 2 aliphatic rings. The fourth-order valence-electron chi connectivity index (χ4n) is 3.32. The molecule has 0 saturated carbocycles. The van der Waals surface area contributed by atoms with Crippen LogP contribution in [0.1, 0.15) is 43.0 Å². The van der Waals surface area contributed by atoms with Crippen LogP contribution in [-0.2, 0) is 9.53 Å². The summed E-state index contributed by atoms with van der Waals surface area (Å²) in [6, 6.07) is 8.70. The van der Waals surface area contributed by atoms with Crippen molar-refractivity contribution >= 4 is 5.91 Å². The lowest BCUT2D eigenvalue weighted by atomic mass is 9.87. The Bertz CT molecular complexity index is 457. The molecule has 0 N–H and O–H groups in total. The van der Waals surface area contributed by atoms with Gasteiger partial charge in [0, 0.05) is 13.5 Å². The average molecular weight is 231 g/mol. The van der Waals surface area contributed by atoms with Crippen LogP contribution >= 0.6 is 0 Å². The Morgan fingerprint density at radius 3 is 2.71 bits per heavy atom. The molecule has 0 aliphatic carbocycles. The van der Waals surface area contributed by atoms with Gasteiger partial charge in [-0.25, -0.2) is 0 Å². The average Bonchev–Trinajstić information content (AvgIpc) is 2.73. The molecular weight excluding hydrogens is 214 g/mol. The van der Waals surface area contributed by atoms with Gasteiger partial charge in [-0.2, -0.15) is 0 Å². The summed E-state index contributed by atoms with van der Waals surface area (Å²) in [5.74, 6) is 0.263. The van der Waals surface area contributed by atoms with Crippen LogP contribution in [0.15, 0.2) is 24.3 Å². The molecule has 3 heteroatoms. The van der Waals surface area contributed by atoms with E-state index in [4.69, 9.17) is 4.74 Å². The molecule has 1 saturated heterocycles. The molecule has 90 valence electrons. The van der Waals surface area contributed by atoms with E-state index in [1.165, 1.54) is 11.1 Å². The molecule has 2 heterocycles. The number of amides is 1. The highest BCUT2D eigenvalue weighted by molar-refractivity contribution is 5.80. The quantitative estimate of drug-likeness (QED) is 0.743. The van der Waals surface area contributed by atoms with Crippen LogP contribution in [-0.4, -0.2) is 24.0 Å². The second-order valence-electron chi connectivity index (χ2n) is 4.87. The normalized spacial score (nSPS) is 31.3. The summed E-state index contributed by atoms with van der Waals surface area (Å²) >= 11 is 0. The van der Waals surface area contributed by atoms with Crippen LogP contribution in [0.25, 0.3) is 0 Å². The van der Waals surface area contributed by atoms with Gasteiger partial charge in [-0.3, -0.25) is 4.79 Å². The van der Waals surface area contributed by atoms with Crippen LogP contribution in [0.2, 0.25) is 0 Å². The first-order valence-electron chi connectivity index (χ1n) is 6.17. The molecule has 3 rings (SSSR count). The van der Waals surface area contributed by atoms with Gasteiger partial charge in [0.05, 0.1) is 12.1 Å². The highest BCUT2D eigenvalue weighted by Crippen LogP contribution is 2.44. The number of hydrogen-bond donors (Lipinski definition) is 0. The molecule has 17 heavy (non-hydrogen) atoms. The molecule has 1 fully saturated rings. The van der Waals surface area contributed by atoms with Gasteiger partial charge in [0.25, 0.3) is 0 Å². The Kier molecular flexibility index (Phi) is 2.44. The molecule has 0 bridgehead atoms. The fourth-order valence-corrected chi connectivity index (χ4v) is 3.32. The van der Waals surface area contributed by atoms with E-state index < -0.39 is 0 Å². The minimum Gasteiger partial charge on any atom is -0.375 e. The molecule has 0 unspecified atom stereocenters. The predicted octanol–water partition coefficient (Wildman–Crippen LogP) is 2.44. The molecule has 3 nitrogen and oxygen atoms in total. The van der Waals surface area contributed by atoms with E-state index in [-0.39, 0.29) is 24.1 Å². The summed E-state index contributed by atoms with van der Waals surface area (Å²) in [4.78, 5) is 14.0. The first-order valence-corrected chi connectivity index (χ1v) is 6.17. The Labute approximate surface area is 101 Å². The van der Waals surface area contributed by atoms with Gasteiger partial charge in [0.1, 0.15) is 6.10 Å². The maximum atomic E-state index is 12.0. The standard InChI is InChI=1S/C14H17NO2/c1-9-10-5-3-4-6-11(10)14(17-2)12-7-8-13(16)15(9)12/h3-6,9,12,14H,7-8H2,1-2H3/t9-,12-,14-/m0/s1. The van der Waals surface area contributed by atoms with Gasteiger partial charge in [-0.05, 0) is 24.5 Å². The molecule has 1 aromatic rings. The number of rotatable bonds is 1. The summed E-state index contributed by atoms with van der Waals surface area (Å²) in [5, 5.41) is 0. The minimum absolute atomic E-state index is 0.0360. The third kappa shape index (κ3) is 1.42. The fraction of sp³-hybridized carbons (Fsp3) is 0.500. The zero-order valence-corrected chi connectivity index (χ0v) is 10.2. The lowest BCUT2D eigenvalue weighted by Crippen LogP contribution is -2.43. The van der Waals surface area contributed by atoms with E-state index in [1.54, 1.807) is 7.11 Å². The van der Waals surface area contributed by atoms with Crippen molar-refractivity contribution in [3.8, 4) is 0 Å². The first kappa shape index (κ1) is 10.8. The zero-order chi connectivity index (χ0) is 12.0. The van der Waals surface area contributed by atoms with Crippen molar-refractivity contribution in [1.82, 2.24) is 4.90 Å². The maximum absolute atomic E-state index is 12.0. The van der Waals surface area contributed by atoms with Crippen molar-refractivity contribution in [2.24, 2.45) is 0 Å². The number of hydrogen-bond acceptors (Lipinski definition) is 2. The summed E-state index contributed by atoms with van der Waals surface area (Å²) in [6.45, 7) is 2.11. The van der Waals surface area contributed by atoms with Gasteiger partial charge >= 0.3 is 0 Å². The second kappa shape index (κ2) is 3.84. The number of ether oxygens (including phenoxy) is 1. The Hall–Kier alpha value is -1.35. The lowest BCUT2D eigenvalue weighted by molar-refractivity contribution is -0.134. The van der Waals surface area contributed by atoms with E-state index in [0.29, 0.717) is 6.42 Å². The molecule has 1 aromatic carbocycles. The summed E-state index contributed by atoms with van der Waals surface area (Å²) < 4.78 is 5.63.